The van der Waals surface area contributed by atoms with E-state index < -0.39 is 0 Å². The minimum atomic E-state index is -0.360. The summed E-state index contributed by atoms with van der Waals surface area (Å²) in [4.78, 5) is 4.85. The molecule has 4 heteroatoms. The lowest BCUT2D eigenvalue weighted by Crippen LogP contribution is -2.24. The fourth-order valence-corrected chi connectivity index (χ4v) is 15.9. The van der Waals surface area contributed by atoms with E-state index in [0.29, 0.717) is 0 Å². The first kappa shape index (κ1) is 47.4. The van der Waals surface area contributed by atoms with E-state index in [2.05, 4.69) is 284 Å². The second-order valence-corrected chi connectivity index (χ2v) is 25.6. The summed E-state index contributed by atoms with van der Waals surface area (Å²) in [5, 5.41) is 4.77. The molecule has 4 nitrogen and oxygen atoms in total. The predicted octanol–water partition coefficient (Wildman–Crippen LogP) is 21.7. The van der Waals surface area contributed by atoms with E-state index in [1.807, 2.05) is 0 Å². The van der Waals surface area contributed by atoms with Gasteiger partial charge in [0.25, 0.3) is 0 Å². The van der Waals surface area contributed by atoms with E-state index in [-0.39, 0.29) is 21.7 Å². The van der Waals surface area contributed by atoms with Gasteiger partial charge in [0.1, 0.15) is 22.3 Å². The molecule has 13 aromatic rings. The average molecular weight is 1060 g/mol. The number of nitrogens with zero attached hydrogens (tertiary/aromatic N) is 2. The summed E-state index contributed by atoms with van der Waals surface area (Å²) in [6, 6.07) is 80.9. The summed E-state index contributed by atoms with van der Waals surface area (Å²) in [6.45, 7) is 19.4. The molecule has 0 radical (unpaired) electrons. The van der Waals surface area contributed by atoms with Crippen LogP contribution in [0.5, 0.6) is 0 Å². The minimum Gasteiger partial charge on any atom is -0.456 e. The molecule has 4 aliphatic carbocycles. The van der Waals surface area contributed by atoms with Gasteiger partial charge in [0.15, 0.2) is 0 Å². The maximum Gasteiger partial charge on any atom is 0.144 e. The van der Waals surface area contributed by atoms with Gasteiger partial charge in [-0.25, -0.2) is 0 Å². The second kappa shape index (κ2) is 16.2. The number of anilines is 6. The first-order valence-electron chi connectivity index (χ1n) is 29.1. The summed E-state index contributed by atoms with van der Waals surface area (Å²) in [5.74, 6) is 0. The second-order valence-electron chi connectivity index (χ2n) is 25.6. The molecule has 17 rings (SSSR count). The lowest BCUT2D eigenvalue weighted by atomic mass is 9.72. The third-order valence-electron chi connectivity index (χ3n) is 19.8. The number of rotatable bonds is 6. The molecule has 11 aromatic carbocycles. The molecule has 0 atom stereocenters. The van der Waals surface area contributed by atoms with E-state index in [1.54, 1.807) is 0 Å². The molecule has 2 aromatic heterocycles. The monoisotopic (exact) mass is 1060 g/mol. The predicted molar refractivity (Wildman–Crippen MR) is 341 cm³/mol. The fourth-order valence-electron chi connectivity index (χ4n) is 15.9. The zero-order chi connectivity index (χ0) is 55.3. The maximum atomic E-state index is 7.05. The molecule has 0 fully saturated rings. The van der Waals surface area contributed by atoms with Crippen LogP contribution < -0.4 is 9.80 Å². The highest BCUT2D eigenvalue weighted by atomic mass is 16.3. The van der Waals surface area contributed by atoms with Crippen LogP contribution in [0.3, 0.4) is 0 Å². The van der Waals surface area contributed by atoms with Crippen LogP contribution in [0.2, 0.25) is 0 Å². The van der Waals surface area contributed by atoms with Crippen molar-refractivity contribution >= 4 is 78.0 Å². The Morgan fingerprint density at radius 1 is 0.268 bits per heavy atom. The Hall–Kier alpha value is -9.38. The summed E-state index contributed by atoms with van der Waals surface area (Å²) in [7, 11) is 0. The highest BCUT2D eigenvalue weighted by molar-refractivity contribution is 6.21. The molecule has 0 spiro atoms. The zero-order valence-electron chi connectivity index (χ0n) is 47.5. The van der Waals surface area contributed by atoms with Crippen molar-refractivity contribution in [3.8, 4) is 44.5 Å². The smallest absolute Gasteiger partial charge is 0.144 e. The van der Waals surface area contributed by atoms with E-state index >= 15 is 0 Å². The van der Waals surface area contributed by atoms with Crippen LogP contribution in [-0.4, -0.2) is 0 Å². The minimum absolute atomic E-state index is 0.198. The number of benzene rings is 11. The molecule has 0 bridgehead atoms. The molecule has 0 unspecified atom stereocenters. The van der Waals surface area contributed by atoms with Gasteiger partial charge in [-0.15, -0.1) is 0 Å². The van der Waals surface area contributed by atoms with Crippen molar-refractivity contribution in [2.75, 3.05) is 9.80 Å². The van der Waals surface area contributed by atoms with Gasteiger partial charge in [0.05, 0.1) is 0 Å². The molecule has 0 saturated carbocycles. The standard InChI is InChI=1S/C78H60N2O2/c1-75(2)59-39-40-66-68(54-26-16-19-29-64(54)81-66)67(59)57-44-62-56(43-63(57)75)51-37-35-49(41-60(51)76(62,3)4)80(48-33-31-47(32-34-48)79(45-21-11-9-12-22-45)46-23-13-10-14-24-46)50-36-38-53-61(42-50)78(7,8)72-69(53)70-55-27-17-20-30-65(55)82-74(70)71-52-25-15-18-28-58(52)77(5,6)73(71)72/h9-44H,1-8H3. The SMILES string of the molecule is CC1(C)c2cc(N(c3ccc(N(c4ccccc4)c4ccccc4)cc3)c3ccc4c(c3)C(C)(C)c3c5c(c6oc7ccccc7c6c3-4)-c3ccccc3C5(C)C)ccc2-c2cc3c(cc21)-c1c(ccc2oc4ccccc4c12)C3(C)C. The number of para-hydroxylation sites is 4. The third kappa shape index (κ3) is 6.11. The fraction of sp³-hybridized carbons (Fsp3) is 0.154. The Balaban J connectivity index is 0.856. The normalized spacial score (nSPS) is 15.7. The molecular weight excluding hydrogens is 997 g/mol. The van der Waals surface area contributed by atoms with Crippen LogP contribution in [-0.2, 0) is 21.7 Å². The lowest BCUT2D eigenvalue weighted by Gasteiger charge is -2.32. The average Bonchev–Trinajstić information content (AvgIpc) is 1.96. The van der Waals surface area contributed by atoms with Crippen LogP contribution in [0.1, 0.15) is 99.9 Å². The van der Waals surface area contributed by atoms with Gasteiger partial charge in [0.2, 0.25) is 0 Å². The first-order valence-corrected chi connectivity index (χ1v) is 29.1. The summed E-state index contributed by atoms with van der Waals surface area (Å²) >= 11 is 0. The van der Waals surface area contributed by atoms with Gasteiger partial charge in [-0.1, -0.05) is 171 Å². The van der Waals surface area contributed by atoms with E-state index in [1.165, 1.54) is 105 Å². The quantitative estimate of drug-likeness (QED) is 0.166. The van der Waals surface area contributed by atoms with Crippen LogP contribution in [0.15, 0.2) is 227 Å². The molecular formula is C78H60N2O2. The van der Waals surface area contributed by atoms with Crippen molar-refractivity contribution in [3.63, 3.8) is 0 Å². The molecule has 82 heavy (non-hydrogen) atoms. The number of furan rings is 2. The van der Waals surface area contributed by atoms with Crippen molar-refractivity contribution in [3.05, 3.63) is 263 Å². The van der Waals surface area contributed by atoms with Crippen molar-refractivity contribution in [1.82, 2.24) is 0 Å². The molecule has 0 aliphatic heterocycles. The summed E-state index contributed by atoms with van der Waals surface area (Å²) < 4.78 is 13.6. The highest BCUT2D eigenvalue weighted by Gasteiger charge is 2.49. The van der Waals surface area contributed by atoms with E-state index in [0.717, 1.165) is 61.8 Å². The largest absolute Gasteiger partial charge is 0.456 e. The Labute approximate surface area is 478 Å². The van der Waals surface area contributed by atoms with Gasteiger partial charge in [-0.3, -0.25) is 0 Å². The molecule has 0 saturated heterocycles. The number of hydrogen-bond donors (Lipinski definition) is 0. The Morgan fingerprint density at radius 3 is 1.39 bits per heavy atom. The number of fused-ring (bicyclic) bond motifs is 22. The van der Waals surface area contributed by atoms with Crippen molar-refractivity contribution in [2.24, 2.45) is 0 Å². The van der Waals surface area contributed by atoms with Gasteiger partial charge >= 0.3 is 0 Å². The van der Waals surface area contributed by atoms with Crippen molar-refractivity contribution in [1.29, 1.82) is 0 Å². The molecule has 0 amide bonds. The summed E-state index contributed by atoms with van der Waals surface area (Å²) in [5.41, 5.74) is 30.5. The van der Waals surface area contributed by atoms with Crippen LogP contribution >= 0.6 is 0 Å². The van der Waals surface area contributed by atoms with Gasteiger partial charge < -0.3 is 18.6 Å². The zero-order valence-corrected chi connectivity index (χ0v) is 47.5. The van der Waals surface area contributed by atoms with E-state index in [9.17, 15) is 0 Å². The molecule has 4 aliphatic rings. The van der Waals surface area contributed by atoms with Gasteiger partial charge in [0, 0.05) is 82.9 Å². The number of hydrogen-bond acceptors (Lipinski definition) is 4. The van der Waals surface area contributed by atoms with Gasteiger partial charge in [-0.2, -0.15) is 0 Å². The van der Waals surface area contributed by atoms with Gasteiger partial charge in [-0.05, 0) is 187 Å². The molecule has 2 heterocycles. The Kier molecular flexibility index (Phi) is 9.35. The molecule has 0 N–H and O–H groups in total. The molecule has 394 valence electrons. The van der Waals surface area contributed by atoms with Crippen LogP contribution in [0.25, 0.3) is 88.4 Å². The topological polar surface area (TPSA) is 32.8 Å². The lowest BCUT2D eigenvalue weighted by molar-refractivity contribution is 0.600. The Bertz CT molecular complexity index is 4870. The first-order chi connectivity index (χ1) is 39.7. The van der Waals surface area contributed by atoms with Crippen molar-refractivity contribution < 1.29 is 8.83 Å². The third-order valence-corrected chi connectivity index (χ3v) is 19.8. The van der Waals surface area contributed by atoms with Crippen LogP contribution in [0.4, 0.5) is 34.1 Å². The highest BCUT2D eigenvalue weighted by Crippen LogP contribution is 2.64. The van der Waals surface area contributed by atoms with Crippen molar-refractivity contribution in [2.45, 2.75) is 77.0 Å². The summed E-state index contributed by atoms with van der Waals surface area (Å²) in [6.07, 6.45) is 0. The Morgan fingerprint density at radius 2 is 0.720 bits per heavy atom. The van der Waals surface area contributed by atoms with Crippen LogP contribution in [0, 0.1) is 0 Å². The van der Waals surface area contributed by atoms with E-state index in [4.69, 9.17) is 8.83 Å². The maximum absolute atomic E-state index is 7.05.